The minimum atomic E-state index is -4.52. The number of alkyl halides is 3. The summed E-state index contributed by atoms with van der Waals surface area (Å²) in [6.45, 7) is 0.922. The normalized spacial score (nSPS) is 18.4. The molecular formula is C26H19BrF3N3O. The molecule has 0 spiro atoms. The number of rotatable bonds is 3. The van der Waals surface area contributed by atoms with Gasteiger partial charge in [-0.2, -0.15) is 13.2 Å². The summed E-state index contributed by atoms with van der Waals surface area (Å²) in [4.78, 5) is 19.9. The third kappa shape index (κ3) is 4.03. The molecule has 4 nitrogen and oxygen atoms in total. The van der Waals surface area contributed by atoms with Crippen LogP contribution >= 0.6 is 15.9 Å². The lowest BCUT2D eigenvalue weighted by atomic mass is 9.91. The first kappa shape index (κ1) is 22.4. The topological polar surface area (TPSA) is 44.7 Å². The van der Waals surface area contributed by atoms with E-state index >= 15 is 0 Å². The van der Waals surface area contributed by atoms with Crippen LogP contribution in [-0.2, 0) is 11.0 Å². The molecule has 0 bridgehead atoms. The van der Waals surface area contributed by atoms with E-state index in [4.69, 9.17) is 4.99 Å². The summed E-state index contributed by atoms with van der Waals surface area (Å²) in [6, 6.07) is 21.2. The number of nitrogens with zero attached hydrogens (tertiary/aromatic N) is 2. The predicted octanol–water partition coefficient (Wildman–Crippen LogP) is 5.90. The SMILES string of the molecule is O=C1C2=C(C(c3ccccc3)=NCCN2)[C@@H](c2ccc(Br)cc2)N1c1cccc(C(F)(F)F)c1. The Morgan fingerprint density at radius 1 is 0.971 bits per heavy atom. The molecule has 8 heteroatoms. The number of nitrogens with one attached hydrogen (secondary N) is 1. The third-order valence-corrected chi connectivity index (χ3v) is 6.39. The van der Waals surface area contributed by atoms with E-state index in [0.717, 1.165) is 27.7 Å². The second kappa shape index (κ2) is 8.76. The smallest absolute Gasteiger partial charge is 0.378 e. The van der Waals surface area contributed by atoms with Crippen LogP contribution in [0.1, 0.15) is 22.7 Å². The molecule has 2 aliphatic rings. The molecule has 1 N–H and O–H groups in total. The summed E-state index contributed by atoms with van der Waals surface area (Å²) in [5.74, 6) is -0.382. The first-order valence-electron chi connectivity index (χ1n) is 10.7. The zero-order valence-corrected chi connectivity index (χ0v) is 19.4. The zero-order valence-electron chi connectivity index (χ0n) is 17.8. The van der Waals surface area contributed by atoms with Gasteiger partial charge in [-0.1, -0.05) is 64.5 Å². The predicted molar refractivity (Wildman–Crippen MR) is 129 cm³/mol. The van der Waals surface area contributed by atoms with Crippen LogP contribution in [0.4, 0.5) is 18.9 Å². The average Bonchev–Trinajstić information content (AvgIpc) is 2.97. The molecule has 5 rings (SSSR count). The highest BCUT2D eigenvalue weighted by atomic mass is 79.9. The molecule has 1 amide bonds. The van der Waals surface area contributed by atoms with Crippen molar-refractivity contribution in [2.45, 2.75) is 12.2 Å². The van der Waals surface area contributed by atoms with Gasteiger partial charge in [0.2, 0.25) is 0 Å². The van der Waals surface area contributed by atoms with E-state index in [2.05, 4.69) is 21.2 Å². The average molecular weight is 526 g/mol. The largest absolute Gasteiger partial charge is 0.416 e. The van der Waals surface area contributed by atoms with E-state index in [1.54, 1.807) is 0 Å². The molecule has 172 valence electrons. The molecular weight excluding hydrogens is 507 g/mol. The fraction of sp³-hybridized carbons (Fsp3) is 0.154. The number of carbonyl (C=O) groups is 1. The first-order chi connectivity index (χ1) is 16.3. The van der Waals surface area contributed by atoms with Gasteiger partial charge in [-0.05, 0) is 35.9 Å². The van der Waals surface area contributed by atoms with Crippen LogP contribution in [0.3, 0.4) is 0 Å². The van der Waals surface area contributed by atoms with Gasteiger partial charge in [0.25, 0.3) is 5.91 Å². The maximum Gasteiger partial charge on any atom is 0.416 e. The quantitative estimate of drug-likeness (QED) is 0.462. The van der Waals surface area contributed by atoms with Crippen LogP contribution < -0.4 is 10.2 Å². The molecule has 3 aromatic carbocycles. The van der Waals surface area contributed by atoms with Crippen LogP contribution in [0.5, 0.6) is 0 Å². The molecule has 2 aliphatic heterocycles. The molecule has 34 heavy (non-hydrogen) atoms. The van der Waals surface area contributed by atoms with Crippen molar-refractivity contribution in [1.29, 1.82) is 0 Å². The Bertz CT molecular complexity index is 1300. The Morgan fingerprint density at radius 2 is 1.71 bits per heavy atom. The number of aliphatic imine (C=N–C) groups is 1. The molecule has 2 heterocycles. The molecule has 0 saturated carbocycles. The summed E-state index contributed by atoms with van der Waals surface area (Å²) in [6.07, 6.45) is -4.52. The Kier molecular flexibility index (Phi) is 5.77. The van der Waals surface area contributed by atoms with E-state index < -0.39 is 17.8 Å². The number of amides is 1. The molecule has 0 aromatic heterocycles. The summed E-state index contributed by atoms with van der Waals surface area (Å²) in [5, 5.41) is 3.19. The van der Waals surface area contributed by atoms with E-state index in [0.29, 0.717) is 30.1 Å². The van der Waals surface area contributed by atoms with Crippen LogP contribution in [0, 0.1) is 0 Å². The van der Waals surface area contributed by atoms with Gasteiger partial charge in [0.05, 0.1) is 23.9 Å². The maximum absolute atomic E-state index is 13.7. The van der Waals surface area contributed by atoms with Gasteiger partial charge in [-0.25, -0.2) is 0 Å². The lowest BCUT2D eigenvalue weighted by Gasteiger charge is -2.29. The van der Waals surface area contributed by atoms with E-state index in [-0.39, 0.29) is 11.6 Å². The molecule has 0 saturated heterocycles. The standard InChI is InChI=1S/C26H19BrF3N3O/c27-19-11-9-17(10-12-19)24-21-22(16-5-2-1-3-6-16)31-13-14-32-23(21)25(34)33(24)20-8-4-7-18(15-20)26(28,29)30/h1-12,15,24,32H,13-14H2/t24-/m1/s1. The second-order valence-electron chi connectivity index (χ2n) is 7.99. The lowest BCUT2D eigenvalue weighted by Crippen LogP contribution is -2.34. The summed E-state index contributed by atoms with van der Waals surface area (Å²) in [5.41, 5.74) is 2.68. The molecule has 0 unspecified atom stereocenters. The van der Waals surface area contributed by atoms with Gasteiger partial charge in [0.1, 0.15) is 5.70 Å². The van der Waals surface area contributed by atoms with Gasteiger partial charge in [-0.15, -0.1) is 0 Å². The van der Waals surface area contributed by atoms with E-state index in [9.17, 15) is 18.0 Å². The van der Waals surface area contributed by atoms with Gasteiger partial charge in [0.15, 0.2) is 0 Å². The Balaban J connectivity index is 1.72. The van der Waals surface area contributed by atoms with Crippen molar-refractivity contribution in [1.82, 2.24) is 5.32 Å². The number of hydrogen-bond donors (Lipinski definition) is 1. The number of halogens is 4. The first-order valence-corrected chi connectivity index (χ1v) is 11.5. The summed E-state index contributed by atoms with van der Waals surface area (Å²) >= 11 is 3.43. The molecule has 0 fully saturated rings. The minimum absolute atomic E-state index is 0.176. The second-order valence-corrected chi connectivity index (χ2v) is 8.90. The van der Waals surface area contributed by atoms with Crippen molar-refractivity contribution < 1.29 is 18.0 Å². The Morgan fingerprint density at radius 3 is 2.41 bits per heavy atom. The van der Waals surface area contributed by atoms with E-state index in [1.807, 2.05) is 54.6 Å². The maximum atomic E-state index is 13.7. The fourth-order valence-electron chi connectivity index (χ4n) is 4.37. The van der Waals surface area contributed by atoms with Crippen molar-refractivity contribution in [3.63, 3.8) is 0 Å². The van der Waals surface area contributed by atoms with Gasteiger partial charge >= 0.3 is 6.18 Å². The van der Waals surface area contributed by atoms with Crippen LogP contribution in [0.25, 0.3) is 0 Å². The Hall–Kier alpha value is -3.39. The number of anilines is 1. The Labute approximate surface area is 202 Å². The number of hydrogen-bond acceptors (Lipinski definition) is 3. The van der Waals surface area contributed by atoms with Gasteiger partial charge in [-0.3, -0.25) is 14.7 Å². The van der Waals surface area contributed by atoms with Gasteiger partial charge in [0, 0.05) is 27.8 Å². The molecule has 3 aromatic rings. The molecule has 0 aliphatic carbocycles. The van der Waals surface area contributed by atoms with Crippen molar-refractivity contribution in [2.24, 2.45) is 4.99 Å². The highest BCUT2D eigenvalue weighted by Crippen LogP contribution is 2.44. The highest BCUT2D eigenvalue weighted by Gasteiger charge is 2.44. The number of benzene rings is 3. The van der Waals surface area contributed by atoms with Gasteiger partial charge < -0.3 is 5.32 Å². The van der Waals surface area contributed by atoms with Crippen molar-refractivity contribution >= 4 is 33.2 Å². The molecule has 1 atom stereocenters. The molecule has 0 radical (unpaired) electrons. The van der Waals surface area contributed by atoms with E-state index in [1.165, 1.54) is 17.0 Å². The van der Waals surface area contributed by atoms with Crippen LogP contribution in [-0.4, -0.2) is 24.7 Å². The van der Waals surface area contributed by atoms with Crippen molar-refractivity contribution in [2.75, 3.05) is 18.0 Å². The van der Waals surface area contributed by atoms with Crippen molar-refractivity contribution in [3.05, 3.63) is 111 Å². The lowest BCUT2D eigenvalue weighted by molar-refractivity contribution is -0.137. The minimum Gasteiger partial charge on any atom is -0.378 e. The highest BCUT2D eigenvalue weighted by molar-refractivity contribution is 9.10. The fourth-order valence-corrected chi connectivity index (χ4v) is 4.64. The third-order valence-electron chi connectivity index (χ3n) is 5.86. The van der Waals surface area contributed by atoms with Crippen LogP contribution in [0.2, 0.25) is 0 Å². The summed E-state index contributed by atoms with van der Waals surface area (Å²) < 4.78 is 41.4. The van der Waals surface area contributed by atoms with Crippen molar-refractivity contribution in [3.8, 4) is 0 Å². The summed E-state index contributed by atoms with van der Waals surface area (Å²) in [7, 11) is 0. The van der Waals surface area contributed by atoms with Crippen LogP contribution in [0.15, 0.2) is 99.6 Å². The monoisotopic (exact) mass is 525 g/mol. The number of carbonyl (C=O) groups excluding carboxylic acids is 1. The zero-order chi connectivity index (χ0) is 23.9.